The molecular weight excluding hydrogens is 497 g/mol. The average molecular weight is 540 g/mol. The molecule has 1 aliphatic rings. The van der Waals surface area contributed by atoms with E-state index < -0.39 is 0 Å². The Labute approximate surface area is 246 Å². The Morgan fingerprint density at radius 3 is 2.41 bits per heavy atom. The lowest BCUT2D eigenvalue weighted by atomic mass is 9.32. The molecule has 0 aliphatic carbocycles. The van der Waals surface area contributed by atoms with Crippen LogP contribution < -0.4 is 25.1 Å². The molecule has 1 unspecified atom stereocenters. The van der Waals surface area contributed by atoms with Crippen LogP contribution in [0.2, 0.25) is 5.82 Å². The number of rotatable bonds is 8. The normalized spacial score (nSPS) is 15.9. The molecule has 0 N–H and O–H groups in total. The van der Waals surface area contributed by atoms with Gasteiger partial charge < -0.3 is 4.90 Å². The molecule has 4 heteroatoms. The number of aryl methyl sites for hydroxylation is 2. The van der Waals surface area contributed by atoms with Gasteiger partial charge in [0.2, 0.25) is 11.4 Å². The van der Waals surface area contributed by atoms with E-state index in [4.69, 9.17) is 0 Å². The fraction of sp³-hybridized carbons (Fsp3) is 0.243. The zero-order valence-electron chi connectivity index (χ0n) is 25.2. The van der Waals surface area contributed by atoms with Crippen molar-refractivity contribution in [3.05, 3.63) is 133 Å². The first kappa shape index (κ1) is 28.4. The van der Waals surface area contributed by atoms with Gasteiger partial charge in [-0.15, -0.1) is 0 Å². The van der Waals surface area contributed by atoms with Crippen LogP contribution in [0.3, 0.4) is 0 Å². The monoisotopic (exact) mass is 539 g/mol. The first-order valence-corrected chi connectivity index (χ1v) is 15.0. The van der Waals surface area contributed by atoms with E-state index in [1.807, 2.05) is 0 Å². The second-order valence-electron chi connectivity index (χ2n) is 10.9. The molecule has 3 heterocycles. The minimum Gasteiger partial charge on any atom is -0.342 e. The summed E-state index contributed by atoms with van der Waals surface area (Å²) in [5, 5.41) is 0. The van der Waals surface area contributed by atoms with Crippen molar-refractivity contribution in [3.8, 4) is 0 Å². The Morgan fingerprint density at radius 2 is 1.66 bits per heavy atom. The van der Waals surface area contributed by atoms with E-state index in [1.165, 1.54) is 45.1 Å². The minimum absolute atomic E-state index is 0.240. The second-order valence-corrected chi connectivity index (χ2v) is 10.9. The zero-order chi connectivity index (χ0) is 28.8. The van der Waals surface area contributed by atoms with E-state index in [1.54, 1.807) is 0 Å². The van der Waals surface area contributed by atoms with Gasteiger partial charge in [0.1, 0.15) is 12.1 Å². The highest BCUT2D eigenvalue weighted by molar-refractivity contribution is 6.87. The summed E-state index contributed by atoms with van der Waals surface area (Å²) >= 11 is 0. The Balaban J connectivity index is 1.76. The molecule has 2 aromatic heterocycles. The quantitative estimate of drug-likeness (QED) is 0.106. The van der Waals surface area contributed by atoms with Crippen LogP contribution in [0.4, 0.5) is 11.4 Å². The zero-order valence-corrected chi connectivity index (χ0v) is 25.2. The number of fused-ring (bicyclic) bond motifs is 1. The van der Waals surface area contributed by atoms with Gasteiger partial charge in [0.05, 0.1) is 5.57 Å². The smallest absolute Gasteiger partial charge is 0.301 e. The Bertz CT molecular complexity index is 1590. The fourth-order valence-electron chi connectivity index (χ4n) is 6.42. The number of para-hydroxylation sites is 2. The molecule has 1 aliphatic heterocycles. The van der Waals surface area contributed by atoms with Crippen molar-refractivity contribution in [2.75, 3.05) is 11.4 Å². The molecule has 41 heavy (non-hydrogen) atoms. The average Bonchev–Trinajstić information content (AvgIpc) is 3.02. The number of nitrogens with zero attached hydrogens (tertiary/aromatic N) is 3. The molecule has 5 rings (SSSR count). The van der Waals surface area contributed by atoms with Crippen LogP contribution in [0.15, 0.2) is 121 Å². The van der Waals surface area contributed by atoms with Crippen molar-refractivity contribution in [2.45, 2.75) is 53.4 Å². The summed E-state index contributed by atoms with van der Waals surface area (Å²) < 4.78 is 4.85. The first-order valence-electron chi connectivity index (χ1n) is 15.0. The number of hydrogen-bond donors (Lipinski definition) is 0. The SMILES string of the molecule is CC=CCC1CN(c2ccccc2)c2ccccc2B1c1cccc(C)[n+]1C(/C=C\C)=C(/C)c1cccc[n+]1CC. The third-order valence-corrected chi connectivity index (χ3v) is 8.34. The number of aromatic nitrogens is 2. The molecule has 0 saturated heterocycles. The number of anilines is 2. The summed E-state index contributed by atoms with van der Waals surface area (Å²) in [4.78, 5) is 2.52. The third-order valence-electron chi connectivity index (χ3n) is 8.34. The van der Waals surface area contributed by atoms with Gasteiger partial charge in [0.15, 0.2) is 11.9 Å². The third kappa shape index (κ3) is 5.70. The van der Waals surface area contributed by atoms with Gasteiger partial charge in [0.25, 0.3) is 0 Å². The van der Waals surface area contributed by atoms with Gasteiger partial charge in [-0.25, -0.2) is 0 Å². The summed E-state index contributed by atoms with van der Waals surface area (Å²) in [5.74, 6) is 0.402. The van der Waals surface area contributed by atoms with Crippen LogP contribution >= 0.6 is 0 Å². The maximum absolute atomic E-state index is 2.52. The first-order chi connectivity index (χ1) is 20.1. The molecule has 0 fully saturated rings. The number of pyridine rings is 2. The summed E-state index contributed by atoms with van der Waals surface area (Å²) in [7, 11) is 0. The maximum Gasteiger partial charge on any atom is 0.301 e. The highest BCUT2D eigenvalue weighted by Gasteiger charge is 2.43. The van der Waals surface area contributed by atoms with E-state index in [0.717, 1.165) is 19.5 Å². The molecule has 1 atom stereocenters. The van der Waals surface area contributed by atoms with Crippen LogP contribution in [0, 0.1) is 6.92 Å². The van der Waals surface area contributed by atoms with Gasteiger partial charge in [-0.3, -0.25) is 0 Å². The van der Waals surface area contributed by atoms with Crippen molar-refractivity contribution in [2.24, 2.45) is 0 Å². The van der Waals surface area contributed by atoms with Crippen LogP contribution in [-0.2, 0) is 6.54 Å². The molecule has 3 nitrogen and oxygen atoms in total. The molecule has 2 aromatic carbocycles. The largest absolute Gasteiger partial charge is 0.342 e. The highest BCUT2D eigenvalue weighted by Crippen LogP contribution is 2.34. The Morgan fingerprint density at radius 1 is 0.902 bits per heavy atom. The predicted molar refractivity (Wildman–Crippen MR) is 175 cm³/mol. The summed E-state index contributed by atoms with van der Waals surface area (Å²) in [6.45, 7) is 13.1. The summed E-state index contributed by atoms with van der Waals surface area (Å²) in [6, 6.07) is 33.2. The number of hydrogen-bond acceptors (Lipinski definition) is 1. The molecule has 4 aromatic rings. The van der Waals surface area contributed by atoms with Crippen LogP contribution in [0.25, 0.3) is 11.3 Å². The van der Waals surface area contributed by atoms with Gasteiger partial charge >= 0.3 is 6.71 Å². The number of benzene rings is 2. The highest BCUT2D eigenvalue weighted by atomic mass is 15.1. The lowest BCUT2D eigenvalue weighted by Crippen LogP contribution is -2.65. The molecular formula is C37H42BN3+2. The van der Waals surface area contributed by atoms with Crippen LogP contribution in [0.5, 0.6) is 0 Å². The topological polar surface area (TPSA) is 11.0 Å². The summed E-state index contributed by atoms with van der Waals surface area (Å²) in [5.41, 5.74) is 10.3. The van der Waals surface area contributed by atoms with E-state index in [0.29, 0.717) is 5.82 Å². The van der Waals surface area contributed by atoms with E-state index in [9.17, 15) is 0 Å². The lowest BCUT2D eigenvalue weighted by molar-refractivity contribution is -0.696. The summed E-state index contributed by atoms with van der Waals surface area (Å²) in [6.07, 6.45) is 12.2. The van der Waals surface area contributed by atoms with Crippen molar-refractivity contribution >= 4 is 40.4 Å². The molecule has 0 saturated carbocycles. The van der Waals surface area contributed by atoms with Crippen LogP contribution in [-0.4, -0.2) is 13.3 Å². The van der Waals surface area contributed by atoms with Crippen molar-refractivity contribution in [1.29, 1.82) is 0 Å². The number of allylic oxidation sites excluding steroid dienone is 6. The molecule has 0 amide bonds. The lowest BCUT2D eigenvalue weighted by Gasteiger charge is -2.39. The van der Waals surface area contributed by atoms with Crippen molar-refractivity contribution < 1.29 is 9.13 Å². The van der Waals surface area contributed by atoms with E-state index in [2.05, 4.69) is 170 Å². The fourth-order valence-corrected chi connectivity index (χ4v) is 6.42. The molecule has 206 valence electrons. The van der Waals surface area contributed by atoms with E-state index in [-0.39, 0.29) is 6.71 Å². The molecule has 0 spiro atoms. The second kappa shape index (κ2) is 13.0. The van der Waals surface area contributed by atoms with Crippen LogP contribution in [0.1, 0.15) is 45.5 Å². The standard InChI is InChI=1S/C37H42BN3/c1-6-9-20-31-28-40(32-21-11-10-12-22-32)36-25-14-13-23-33(36)38(31)37-26-17-19-29(4)41(37)35(18-7-2)30(5)34-24-15-16-27-39(34)8-3/h6-7,9-19,21-27,31H,8,20,28H2,1-5H3/q+2/b9-6?,18-7-,35-30-. The Kier molecular flexibility index (Phi) is 8.99. The van der Waals surface area contributed by atoms with Crippen molar-refractivity contribution in [3.63, 3.8) is 0 Å². The van der Waals surface area contributed by atoms with Crippen molar-refractivity contribution in [1.82, 2.24) is 0 Å². The Hall–Kier alpha value is -4.18. The molecule has 0 radical (unpaired) electrons. The van der Waals surface area contributed by atoms with Gasteiger partial charge in [-0.1, -0.05) is 60.7 Å². The molecule has 0 bridgehead atoms. The maximum atomic E-state index is 2.52. The van der Waals surface area contributed by atoms with Gasteiger partial charge in [-0.2, -0.15) is 9.13 Å². The predicted octanol–water partition coefficient (Wildman–Crippen LogP) is 6.65. The van der Waals surface area contributed by atoms with Gasteiger partial charge in [-0.05, 0) is 75.7 Å². The van der Waals surface area contributed by atoms with E-state index >= 15 is 0 Å². The minimum atomic E-state index is 0.240. The van der Waals surface area contributed by atoms with Gasteiger partial charge in [0, 0.05) is 49.1 Å².